The summed E-state index contributed by atoms with van der Waals surface area (Å²) in [7, 11) is -3.85. The van der Waals surface area contributed by atoms with Crippen molar-refractivity contribution in [2.24, 2.45) is 5.92 Å². The zero-order valence-corrected chi connectivity index (χ0v) is 17.2. The second-order valence-corrected chi connectivity index (χ2v) is 9.83. The molecular formula is C23H23N3O2S. The summed E-state index contributed by atoms with van der Waals surface area (Å²) >= 11 is 0. The minimum atomic E-state index is -3.85. The summed E-state index contributed by atoms with van der Waals surface area (Å²) in [4.78, 5) is 0.233. The van der Waals surface area contributed by atoms with Crippen LogP contribution in [0.1, 0.15) is 43.2 Å². The zero-order chi connectivity index (χ0) is 20.6. The Kier molecular flexibility index (Phi) is 4.84. The second kappa shape index (κ2) is 7.21. The Labute approximate surface area is 172 Å². The Bertz CT molecular complexity index is 1110. The molecule has 148 valence electrons. The van der Waals surface area contributed by atoms with Gasteiger partial charge in [-0.25, -0.2) is 8.42 Å². The number of sulfonamides is 1. The van der Waals surface area contributed by atoms with Crippen LogP contribution >= 0.6 is 0 Å². The molecule has 0 saturated heterocycles. The Balaban J connectivity index is 1.95. The highest BCUT2D eigenvalue weighted by atomic mass is 32.2. The summed E-state index contributed by atoms with van der Waals surface area (Å²) in [6.45, 7) is 1.92. The SMILES string of the molecule is Cc1ccc(S(=O)(=O)N2c3ccccc3[C@]3(CCC#N)CCC[C@@H](C#N)[C@H]23)cc1. The number of rotatable bonds is 4. The first-order valence-corrected chi connectivity index (χ1v) is 11.4. The van der Waals surface area contributed by atoms with Crippen LogP contribution < -0.4 is 4.31 Å². The minimum absolute atomic E-state index is 0.233. The molecule has 0 aromatic heterocycles. The molecule has 0 radical (unpaired) electrons. The van der Waals surface area contributed by atoms with Gasteiger partial charge in [-0.05, 0) is 49.9 Å². The van der Waals surface area contributed by atoms with E-state index in [2.05, 4.69) is 12.1 Å². The fourth-order valence-corrected chi connectivity index (χ4v) is 6.94. The first-order valence-electron chi connectivity index (χ1n) is 9.93. The van der Waals surface area contributed by atoms with E-state index < -0.39 is 27.4 Å². The third-order valence-electron chi connectivity index (χ3n) is 6.44. The van der Waals surface area contributed by atoms with Gasteiger partial charge in [0.15, 0.2) is 0 Å². The van der Waals surface area contributed by atoms with Crippen LogP contribution in [0, 0.1) is 35.5 Å². The van der Waals surface area contributed by atoms with E-state index in [1.165, 1.54) is 4.31 Å². The van der Waals surface area contributed by atoms with Crippen LogP contribution in [0.5, 0.6) is 0 Å². The monoisotopic (exact) mass is 405 g/mol. The Morgan fingerprint density at radius 1 is 1.14 bits per heavy atom. The topological polar surface area (TPSA) is 85.0 Å². The number of aryl methyl sites for hydroxylation is 1. The van der Waals surface area contributed by atoms with Gasteiger partial charge in [0.25, 0.3) is 10.0 Å². The fourth-order valence-electron chi connectivity index (χ4n) is 5.17. The van der Waals surface area contributed by atoms with Crippen molar-refractivity contribution in [1.82, 2.24) is 0 Å². The lowest BCUT2D eigenvalue weighted by Gasteiger charge is -2.44. The molecular weight excluding hydrogens is 382 g/mol. The van der Waals surface area contributed by atoms with E-state index in [0.29, 0.717) is 24.9 Å². The standard InChI is InChI=1S/C23H23N3O2S/c1-17-9-11-19(12-10-17)29(27,28)26-21-8-3-2-7-20(21)23(14-5-15-24)13-4-6-18(16-25)22(23)26/h2-3,7-12,18,22H,4-6,13-14H2,1H3/t18-,22-,23+/m0/s1. The van der Waals surface area contributed by atoms with Crippen molar-refractivity contribution < 1.29 is 8.42 Å². The molecule has 3 atom stereocenters. The molecule has 6 heteroatoms. The van der Waals surface area contributed by atoms with Gasteiger partial charge >= 0.3 is 0 Å². The van der Waals surface area contributed by atoms with Gasteiger partial charge in [0.05, 0.1) is 34.7 Å². The summed E-state index contributed by atoms with van der Waals surface area (Å²) in [5.41, 5.74) is 2.10. The van der Waals surface area contributed by atoms with E-state index in [4.69, 9.17) is 0 Å². The van der Waals surface area contributed by atoms with Crippen LogP contribution in [-0.4, -0.2) is 14.5 Å². The smallest absolute Gasteiger partial charge is 0.261 e. The molecule has 2 aromatic rings. The van der Waals surface area contributed by atoms with Crippen molar-refractivity contribution in [2.75, 3.05) is 4.31 Å². The summed E-state index contributed by atoms with van der Waals surface area (Å²) < 4.78 is 29.1. The number of benzene rings is 2. The maximum Gasteiger partial charge on any atom is 0.264 e. The van der Waals surface area contributed by atoms with Gasteiger partial charge in [-0.3, -0.25) is 4.31 Å². The van der Waals surface area contributed by atoms with Gasteiger partial charge in [0.1, 0.15) is 0 Å². The number of fused-ring (bicyclic) bond motifs is 3. The highest BCUT2D eigenvalue weighted by Crippen LogP contribution is 2.57. The zero-order valence-electron chi connectivity index (χ0n) is 16.4. The molecule has 2 aliphatic rings. The largest absolute Gasteiger partial charge is 0.264 e. The lowest BCUT2D eigenvalue weighted by atomic mass is 9.62. The summed E-state index contributed by atoms with van der Waals surface area (Å²) in [6, 6.07) is 18.5. The van der Waals surface area contributed by atoms with E-state index in [0.717, 1.165) is 24.0 Å². The summed E-state index contributed by atoms with van der Waals surface area (Å²) in [6.07, 6.45) is 3.20. The predicted molar refractivity (Wildman–Crippen MR) is 111 cm³/mol. The van der Waals surface area contributed by atoms with E-state index in [9.17, 15) is 18.9 Å². The van der Waals surface area contributed by atoms with Crippen molar-refractivity contribution in [3.8, 4) is 12.1 Å². The number of nitrogens with zero attached hydrogens (tertiary/aromatic N) is 3. The Morgan fingerprint density at radius 2 is 1.86 bits per heavy atom. The van der Waals surface area contributed by atoms with E-state index in [1.54, 1.807) is 24.3 Å². The van der Waals surface area contributed by atoms with Gasteiger partial charge < -0.3 is 0 Å². The summed E-state index contributed by atoms with van der Waals surface area (Å²) in [5.74, 6) is -0.407. The van der Waals surface area contributed by atoms with Gasteiger partial charge in [0.2, 0.25) is 0 Å². The first-order chi connectivity index (χ1) is 14.0. The number of nitriles is 2. The van der Waals surface area contributed by atoms with Crippen molar-refractivity contribution in [3.63, 3.8) is 0 Å². The highest BCUT2D eigenvalue weighted by molar-refractivity contribution is 7.92. The molecule has 0 N–H and O–H groups in total. The quantitative estimate of drug-likeness (QED) is 0.753. The van der Waals surface area contributed by atoms with Crippen molar-refractivity contribution in [2.45, 2.75) is 55.4 Å². The van der Waals surface area contributed by atoms with Crippen LogP contribution in [0.2, 0.25) is 0 Å². The minimum Gasteiger partial charge on any atom is -0.261 e. The Morgan fingerprint density at radius 3 is 2.55 bits per heavy atom. The van der Waals surface area contributed by atoms with Crippen LogP contribution in [-0.2, 0) is 15.4 Å². The predicted octanol–water partition coefficient (Wildman–Crippen LogP) is 4.44. The average molecular weight is 406 g/mol. The lowest BCUT2D eigenvalue weighted by Crippen LogP contribution is -2.53. The van der Waals surface area contributed by atoms with Crippen LogP contribution in [0.3, 0.4) is 0 Å². The molecule has 1 aliphatic carbocycles. The molecule has 5 nitrogen and oxygen atoms in total. The third kappa shape index (κ3) is 2.91. The molecule has 29 heavy (non-hydrogen) atoms. The van der Waals surface area contributed by atoms with Gasteiger partial charge in [-0.1, -0.05) is 42.3 Å². The molecule has 0 spiro atoms. The molecule has 4 rings (SSSR count). The van der Waals surface area contributed by atoms with Crippen LogP contribution in [0.25, 0.3) is 0 Å². The van der Waals surface area contributed by atoms with Gasteiger partial charge in [-0.15, -0.1) is 0 Å². The van der Waals surface area contributed by atoms with E-state index in [-0.39, 0.29) is 4.90 Å². The second-order valence-electron chi connectivity index (χ2n) is 8.02. The molecule has 1 fully saturated rings. The third-order valence-corrected chi connectivity index (χ3v) is 8.25. The summed E-state index contributed by atoms with van der Waals surface area (Å²) in [5, 5.41) is 19.2. The van der Waals surface area contributed by atoms with Crippen molar-refractivity contribution >= 4 is 15.7 Å². The molecule has 0 bridgehead atoms. The Hall–Kier alpha value is -2.83. The molecule has 1 heterocycles. The molecule has 2 aromatic carbocycles. The number of anilines is 1. The number of para-hydroxylation sites is 1. The molecule has 1 saturated carbocycles. The fraction of sp³-hybridized carbons (Fsp3) is 0.391. The average Bonchev–Trinajstić information content (AvgIpc) is 3.04. The lowest BCUT2D eigenvalue weighted by molar-refractivity contribution is 0.216. The maximum atomic E-state index is 13.8. The first kappa shape index (κ1) is 19.5. The van der Waals surface area contributed by atoms with Crippen molar-refractivity contribution in [3.05, 3.63) is 59.7 Å². The number of hydrogen-bond donors (Lipinski definition) is 0. The molecule has 0 amide bonds. The van der Waals surface area contributed by atoms with Gasteiger partial charge in [-0.2, -0.15) is 10.5 Å². The van der Waals surface area contributed by atoms with Crippen LogP contribution in [0.15, 0.2) is 53.4 Å². The van der Waals surface area contributed by atoms with E-state index in [1.807, 2.05) is 31.2 Å². The molecule has 1 aliphatic heterocycles. The van der Waals surface area contributed by atoms with E-state index >= 15 is 0 Å². The molecule has 0 unspecified atom stereocenters. The maximum absolute atomic E-state index is 13.8. The normalized spacial score (nSPS) is 25.6. The van der Waals surface area contributed by atoms with Crippen LogP contribution in [0.4, 0.5) is 5.69 Å². The highest BCUT2D eigenvalue weighted by Gasteiger charge is 2.58. The van der Waals surface area contributed by atoms with Crippen molar-refractivity contribution in [1.29, 1.82) is 10.5 Å². The number of hydrogen-bond acceptors (Lipinski definition) is 4. The van der Waals surface area contributed by atoms with Gasteiger partial charge in [0, 0.05) is 11.8 Å².